The number of benzene rings is 1. The molecule has 0 radical (unpaired) electrons. The molecule has 3 aliphatic rings. The third-order valence-corrected chi connectivity index (χ3v) is 5.78. The number of carbonyl (C=O) groups excluding carboxylic acids is 2. The smallest absolute Gasteiger partial charge is 0.227 e. The Kier molecular flexibility index (Phi) is 4.50. The average molecular weight is 341 g/mol. The van der Waals surface area contributed by atoms with Gasteiger partial charge in [0.15, 0.2) is 0 Å². The first-order valence-electron chi connectivity index (χ1n) is 9.57. The van der Waals surface area contributed by atoms with Crippen LogP contribution < -0.4 is 10.2 Å². The van der Waals surface area contributed by atoms with Gasteiger partial charge in [0.1, 0.15) is 0 Å². The Balaban J connectivity index is 1.33. The van der Waals surface area contributed by atoms with E-state index in [1.807, 2.05) is 12.1 Å². The number of carbonyl (C=O) groups is 2. The fourth-order valence-corrected chi connectivity index (χ4v) is 4.04. The Hall–Kier alpha value is -1.88. The molecule has 134 valence electrons. The average Bonchev–Trinajstić information content (AvgIpc) is 3.25. The predicted octanol–water partition coefficient (Wildman–Crippen LogP) is 1.95. The van der Waals surface area contributed by atoms with Gasteiger partial charge in [0, 0.05) is 43.8 Å². The summed E-state index contributed by atoms with van der Waals surface area (Å²) in [7, 11) is 0. The standard InChI is InChI=1S/C20H27N3O2/c1-2-14-3-5-18(6-4-14)23-12-15(11-19(23)24)20(25)21-16-9-10-22(13-16)17-7-8-17/h3-6,15-17H,2,7-13H2,1H3,(H,21,25)/t15-,16-/m1/s1. The van der Waals surface area contributed by atoms with Crippen LogP contribution in [-0.2, 0) is 16.0 Å². The first-order valence-corrected chi connectivity index (χ1v) is 9.57. The highest BCUT2D eigenvalue weighted by atomic mass is 16.2. The number of nitrogens with zero attached hydrogens (tertiary/aromatic N) is 2. The van der Waals surface area contributed by atoms with Crippen LogP contribution in [0.2, 0.25) is 0 Å². The van der Waals surface area contributed by atoms with Crippen LogP contribution in [-0.4, -0.2) is 48.4 Å². The number of hydrogen-bond acceptors (Lipinski definition) is 3. The van der Waals surface area contributed by atoms with Crippen LogP contribution in [0.25, 0.3) is 0 Å². The van der Waals surface area contributed by atoms with Gasteiger partial charge in [-0.05, 0) is 43.4 Å². The lowest BCUT2D eigenvalue weighted by Gasteiger charge is -2.19. The molecule has 1 saturated carbocycles. The van der Waals surface area contributed by atoms with Crippen molar-refractivity contribution in [2.75, 3.05) is 24.5 Å². The molecule has 3 fully saturated rings. The van der Waals surface area contributed by atoms with Gasteiger partial charge in [0.2, 0.25) is 11.8 Å². The SMILES string of the molecule is CCc1ccc(N2C[C@H](C(=O)N[C@@H]3CCN(C4CC4)C3)CC2=O)cc1. The topological polar surface area (TPSA) is 52.7 Å². The van der Waals surface area contributed by atoms with E-state index < -0.39 is 0 Å². The number of aryl methyl sites for hydroxylation is 1. The van der Waals surface area contributed by atoms with Crippen LogP contribution in [0.3, 0.4) is 0 Å². The van der Waals surface area contributed by atoms with Crippen LogP contribution in [0.5, 0.6) is 0 Å². The van der Waals surface area contributed by atoms with Gasteiger partial charge in [-0.25, -0.2) is 0 Å². The van der Waals surface area contributed by atoms with Crippen molar-refractivity contribution in [1.82, 2.24) is 10.2 Å². The minimum Gasteiger partial charge on any atom is -0.352 e. The Bertz CT molecular complexity index is 653. The second-order valence-electron chi connectivity index (χ2n) is 7.65. The maximum Gasteiger partial charge on any atom is 0.227 e. The summed E-state index contributed by atoms with van der Waals surface area (Å²) in [5.41, 5.74) is 2.16. The number of hydrogen-bond donors (Lipinski definition) is 1. The lowest BCUT2D eigenvalue weighted by Crippen LogP contribution is -2.41. The number of nitrogens with one attached hydrogen (secondary N) is 1. The fourth-order valence-electron chi connectivity index (χ4n) is 4.04. The number of rotatable bonds is 5. The summed E-state index contributed by atoms with van der Waals surface area (Å²) >= 11 is 0. The van der Waals surface area contributed by atoms with E-state index in [0.29, 0.717) is 13.0 Å². The van der Waals surface area contributed by atoms with Crippen molar-refractivity contribution in [2.45, 2.75) is 51.1 Å². The molecule has 2 amide bonds. The second-order valence-corrected chi connectivity index (χ2v) is 7.65. The molecular weight excluding hydrogens is 314 g/mol. The Morgan fingerprint density at radius 2 is 1.92 bits per heavy atom. The lowest BCUT2D eigenvalue weighted by molar-refractivity contribution is -0.126. The molecule has 2 atom stereocenters. The zero-order valence-corrected chi connectivity index (χ0v) is 14.9. The van der Waals surface area contributed by atoms with Crippen molar-refractivity contribution in [3.05, 3.63) is 29.8 Å². The monoisotopic (exact) mass is 341 g/mol. The summed E-state index contributed by atoms with van der Waals surface area (Å²) in [6, 6.07) is 9.10. The minimum atomic E-state index is -0.228. The molecule has 0 bridgehead atoms. The molecule has 1 aliphatic carbocycles. The van der Waals surface area contributed by atoms with Gasteiger partial charge in [-0.1, -0.05) is 19.1 Å². The predicted molar refractivity (Wildman–Crippen MR) is 97.4 cm³/mol. The van der Waals surface area contributed by atoms with E-state index in [-0.39, 0.29) is 23.8 Å². The molecule has 5 nitrogen and oxygen atoms in total. The highest BCUT2D eigenvalue weighted by molar-refractivity contribution is 6.00. The van der Waals surface area contributed by atoms with E-state index >= 15 is 0 Å². The summed E-state index contributed by atoms with van der Waals surface area (Å²) in [4.78, 5) is 29.2. The normalized spacial score (nSPS) is 27.1. The van der Waals surface area contributed by atoms with E-state index in [4.69, 9.17) is 0 Å². The van der Waals surface area contributed by atoms with Gasteiger partial charge in [-0.15, -0.1) is 0 Å². The maximum absolute atomic E-state index is 12.6. The lowest BCUT2D eigenvalue weighted by atomic mass is 10.1. The minimum absolute atomic E-state index is 0.0451. The van der Waals surface area contributed by atoms with Gasteiger partial charge in [0.25, 0.3) is 0 Å². The summed E-state index contributed by atoms with van der Waals surface area (Å²) in [5.74, 6) is -0.132. The van der Waals surface area contributed by atoms with E-state index in [9.17, 15) is 9.59 Å². The number of anilines is 1. The molecule has 1 aromatic rings. The van der Waals surface area contributed by atoms with Gasteiger partial charge < -0.3 is 10.2 Å². The molecule has 0 aromatic heterocycles. The van der Waals surface area contributed by atoms with Crippen LogP contribution in [0.1, 0.15) is 38.2 Å². The highest BCUT2D eigenvalue weighted by Crippen LogP contribution is 2.30. The largest absolute Gasteiger partial charge is 0.352 e. The van der Waals surface area contributed by atoms with Crippen molar-refractivity contribution < 1.29 is 9.59 Å². The van der Waals surface area contributed by atoms with E-state index in [2.05, 4.69) is 29.3 Å². The molecule has 1 aromatic carbocycles. The zero-order chi connectivity index (χ0) is 17.4. The highest BCUT2D eigenvalue weighted by Gasteiger charge is 2.38. The molecule has 2 saturated heterocycles. The van der Waals surface area contributed by atoms with Crippen molar-refractivity contribution in [1.29, 1.82) is 0 Å². The van der Waals surface area contributed by atoms with Crippen LogP contribution in [0.15, 0.2) is 24.3 Å². The first kappa shape index (κ1) is 16.6. The molecule has 2 heterocycles. The van der Waals surface area contributed by atoms with Crippen molar-refractivity contribution >= 4 is 17.5 Å². The first-order chi connectivity index (χ1) is 12.1. The van der Waals surface area contributed by atoms with Gasteiger partial charge in [-0.2, -0.15) is 0 Å². The van der Waals surface area contributed by atoms with E-state index in [1.54, 1.807) is 4.90 Å². The third kappa shape index (κ3) is 3.56. The number of amides is 2. The molecule has 2 aliphatic heterocycles. The van der Waals surface area contributed by atoms with E-state index in [0.717, 1.165) is 37.7 Å². The third-order valence-electron chi connectivity index (χ3n) is 5.78. The molecule has 5 heteroatoms. The van der Waals surface area contributed by atoms with Gasteiger partial charge >= 0.3 is 0 Å². The Labute approximate surface area is 149 Å². The molecule has 0 unspecified atom stereocenters. The molecule has 1 N–H and O–H groups in total. The molecule has 0 spiro atoms. The fraction of sp³-hybridized carbons (Fsp3) is 0.600. The summed E-state index contributed by atoms with van der Waals surface area (Å²) in [6.07, 6.45) is 4.96. The Morgan fingerprint density at radius 1 is 1.16 bits per heavy atom. The summed E-state index contributed by atoms with van der Waals surface area (Å²) < 4.78 is 0. The Morgan fingerprint density at radius 3 is 2.60 bits per heavy atom. The summed E-state index contributed by atoms with van der Waals surface area (Å²) in [5, 5.41) is 3.18. The van der Waals surface area contributed by atoms with Crippen molar-refractivity contribution in [2.24, 2.45) is 5.92 Å². The number of likely N-dealkylation sites (tertiary alicyclic amines) is 1. The van der Waals surface area contributed by atoms with E-state index in [1.165, 1.54) is 18.4 Å². The van der Waals surface area contributed by atoms with Gasteiger partial charge in [0.05, 0.1) is 5.92 Å². The molecular formula is C20H27N3O2. The van der Waals surface area contributed by atoms with Crippen molar-refractivity contribution in [3.8, 4) is 0 Å². The second kappa shape index (κ2) is 6.79. The van der Waals surface area contributed by atoms with Crippen LogP contribution in [0.4, 0.5) is 5.69 Å². The van der Waals surface area contributed by atoms with Crippen LogP contribution >= 0.6 is 0 Å². The van der Waals surface area contributed by atoms with Gasteiger partial charge in [-0.3, -0.25) is 14.5 Å². The van der Waals surface area contributed by atoms with Crippen molar-refractivity contribution in [3.63, 3.8) is 0 Å². The summed E-state index contributed by atoms with van der Waals surface area (Å²) in [6.45, 7) is 4.67. The van der Waals surface area contributed by atoms with Crippen LogP contribution in [0, 0.1) is 5.92 Å². The zero-order valence-electron chi connectivity index (χ0n) is 14.9. The molecule has 4 rings (SSSR count). The molecule has 25 heavy (non-hydrogen) atoms. The quantitative estimate of drug-likeness (QED) is 0.891. The maximum atomic E-state index is 12.6.